The molecule has 2 rings (SSSR count). The lowest BCUT2D eigenvalue weighted by Crippen LogP contribution is -2.33. The highest BCUT2D eigenvalue weighted by atomic mass is 16.5. The maximum atomic E-state index is 11.5. The number of aliphatic hydroxyl groups is 1. The summed E-state index contributed by atoms with van der Waals surface area (Å²) in [5.41, 5.74) is 0.686. The van der Waals surface area contributed by atoms with Crippen molar-refractivity contribution >= 4 is 11.8 Å². The molecule has 2 N–H and O–H groups in total. The summed E-state index contributed by atoms with van der Waals surface area (Å²) in [5.74, 6) is 0.0418. The molecule has 1 heterocycles. The number of rotatable bonds is 3. The van der Waals surface area contributed by atoms with Crippen LogP contribution in [0.5, 0.6) is 0 Å². The van der Waals surface area contributed by atoms with Crippen molar-refractivity contribution in [1.82, 2.24) is 9.97 Å². The van der Waals surface area contributed by atoms with Gasteiger partial charge in [-0.15, -0.1) is 0 Å². The van der Waals surface area contributed by atoms with Crippen molar-refractivity contribution in [3.05, 3.63) is 17.6 Å². The molecule has 0 aliphatic heterocycles. The zero-order chi connectivity index (χ0) is 14.5. The molecule has 0 aromatic carbocycles. The third kappa shape index (κ3) is 3.66. The standard InChI is InChI=1S/C14H21N3O3/c1-9-8-12(17-13(15-9)14(19)20-2)16-10-6-4-3-5-7-11(10)18/h8,10-11,18H,3-7H2,1-2H3,(H,15,16,17). The number of aliphatic hydroxyl groups excluding tert-OH is 1. The minimum Gasteiger partial charge on any atom is -0.463 e. The average Bonchev–Trinajstić information content (AvgIpc) is 2.62. The fourth-order valence-corrected chi connectivity index (χ4v) is 2.47. The molecular weight excluding hydrogens is 258 g/mol. The van der Waals surface area contributed by atoms with Crippen molar-refractivity contribution in [3.8, 4) is 0 Å². The Balaban J connectivity index is 2.15. The summed E-state index contributed by atoms with van der Waals surface area (Å²) in [5, 5.41) is 13.3. The molecule has 1 fully saturated rings. The van der Waals surface area contributed by atoms with Crippen molar-refractivity contribution in [1.29, 1.82) is 0 Å². The molecule has 2 atom stereocenters. The van der Waals surface area contributed by atoms with Crippen LogP contribution in [0.4, 0.5) is 5.82 Å². The molecule has 1 aromatic heterocycles. The van der Waals surface area contributed by atoms with Crippen LogP contribution < -0.4 is 5.32 Å². The molecule has 0 saturated heterocycles. The Hall–Kier alpha value is -1.69. The molecule has 0 amide bonds. The van der Waals surface area contributed by atoms with Crippen LogP contribution in [0.2, 0.25) is 0 Å². The number of nitrogens with one attached hydrogen (secondary N) is 1. The van der Waals surface area contributed by atoms with Crippen LogP contribution in [0.3, 0.4) is 0 Å². The van der Waals surface area contributed by atoms with Crippen LogP contribution in [-0.2, 0) is 4.74 Å². The number of methoxy groups -OCH3 is 1. The number of carbonyl (C=O) groups excluding carboxylic acids is 1. The van der Waals surface area contributed by atoms with E-state index in [0.717, 1.165) is 32.1 Å². The van der Waals surface area contributed by atoms with Gasteiger partial charge in [0.2, 0.25) is 5.82 Å². The Morgan fingerprint density at radius 3 is 2.85 bits per heavy atom. The van der Waals surface area contributed by atoms with Crippen molar-refractivity contribution in [2.45, 2.75) is 51.2 Å². The Kier molecular flexibility index (Phi) is 4.89. The molecule has 0 spiro atoms. The number of ether oxygens (including phenoxy) is 1. The summed E-state index contributed by atoms with van der Waals surface area (Å²) in [6.07, 6.45) is 4.60. The Bertz CT molecular complexity index is 479. The summed E-state index contributed by atoms with van der Waals surface area (Å²) in [6.45, 7) is 1.79. The number of hydrogen-bond donors (Lipinski definition) is 2. The molecule has 1 aliphatic carbocycles. The van der Waals surface area contributed by atoms with E-state index in [1.54, 1.807) is 13.0 Å². The fourth-order valence-electron chi connectivity index (χ4n) is 2.47. The first-order chi connectivity index (χ1) is 9.60. The van der Waals surface area contributed by atoms with Gasteiger partial charge in [0.05, 0.1) is 19.3 Å². The minimum absolute atomic E-state index is 0.0303. The van der Waals surface area contributed by atoms with Gasteiger partial charge in [0.15, 0.2) is 0 Å². The Morgan fingerprint density at radius 1 is 1.35 bits per heavy atom. The number of aryl methyl sites for hydroxylation is 1. The predicted molar refractivity (Wildman–Crippen MR) is 74.6 cm³/mol. The first-order valence-electron chi connectivity index (χ1n) is 6.98. The van der Waals surface area contributed by atoms with Crippen LogP contribution in [0, 0.1) is 6.92 Å². The van der Waals surface area contributed by atoms with Gasteiger partial charge < -0.3 is 15.2 Å². The smallest absolute Gasteiger partial charge is 0.376 e. The normalized spacial score (nSPS) is 22.9. The number of esters is 1. The van der Waals surface area contributed by atoms with E-state index in [1.165, 1.54) is 7.11 Å². The molecule has 1 aromatic rings. The number of anilines is 1. The van der Waals surface area contributed by atoms with Gasteiger partial charge >= 0.3 is 5.97 Å². The van der Waals surface area contributed by atoms with E-state index in [0.29, 0.717) is 11.5 Å². The summed E-state index contributed by atoms with van der Waals surface area (Å²) in [4.78, 5) is 19.7. The third-order valence-corrected chi connectivity index (χ3v) is 3.53. The lowest BCUT2D eigenvalue weighted by atomic mass is 10.1. The van der Waals surface area contributed by atoms with Crippen LogP contribution in [-0.4, -0.2) is 40.3 Å². The van der Waals surface area contributed by atoms with Crippen LogP contribution >= 0.6 is 0 Å². The molecule has 0 radical (unpaired) electrons. The summed E-state index contributed by atoms with van der Waals surface area (Å²) >= 11 is 0. The largest absolute Gasteiger partial charge is 0.463 e. The van der Waals surface area contributed by atoms with Gasteiger partial charge in [0.1, 0.15) is 5.82 Å². The first-order valence-corrected chi connectivity index (χ1v) is 6.98. The van der Waals surface area contributed by atoms with Gasteiger partial charge in [-0.2, -0.15) is 0 Å². The molecular formula is C14H21N3O3. The molecule has 6 heteroatoms. The van der Waals surface area contributed by atoms with Crippen LogP contribution in [0.1, 0.15) is 48.4 Å². The number of nitrogens with zero attached hydrogens (tertiary/aromatic N) is 2. The summed E-state index contributed by atoms with van der Waals surface area (Å²) < 4.78 is 4.64. The maximum absolute atomic E-state index is 11.5. The molecule has 1 saturated carbocycles. The van der Waals surface area contributed by atoms with E-state index in [-0.39, 0.29) is 18.0 Å². The van der Waals surface area contributed by atoms with Crippen molar-refractivity contribution in [2.75, 3.05) is 12.4 Å². The van der Waals surface area contributed by atoms with Gasteiger partial charge in [-0.3, -0.25) is 0 Å². The lowest BCUT2D eigenvalue weighted by Gasteiger charge is -2.22. The molecule has 20 heavy (non-hydrogen) atoms. The molecule has 110 valence electrons. The Labute approximate surface area is 118 Å². The fraction of sp³-hybridized carbons (Fsp3) is 0.643. The maximum Gasteiger partial charge on any atom is 0.376 e. The van der Waals surface area contributed by atoms with Gasteiger partial charge in [-0.1, -0.05) is 19.3 Å². The second-order valence-electron chi connectivity index (χ2n) is 5.17. The zero-order valence-corrected chi connectivity index (χ0v) is 11.9. The van der Waals surface area contributed by atoms with Gasteiger partial charge in [0.25, 0.3) is 0 Å². The molecule has 2 unspecified atom stereocenters. The second kappa shape index (κ2) is 6.65. The van der Waals surface area contributed by atoms with E-state index >= 15 is 0 Å². The number of hydrogen-bond acceptors (Lipinski definition) is 6. The predicted octanol–water partition coefficient (Wildman–Crippen LogP) is 1.68. The van der Waals surface area contributed by atoms with Gasteiger partial charge in [-0.05, 0) is 19.8 Å². The monoisotopic (exact) mass is 279 g/mol. The average molecular weight is 279 g/mol. The van der Waals surface area contributed by atoms with Gasteiger partial charge in [0, 0.05) is 11.8 Å². The van der Waals surface area contributed by atoms with Crippen molar-refractivity contribution < 1.29 is 14.6 Å². The van der Waals surface area contributed by atoms with Crippen molar-refractivity contribution in [3.63, 3.8) is 0 Å². The lowest BCUT2D eigenvalue weighted by molar-refractivity contribution is 0.0586. The SMILES string of the molecule is COC(=O)c1nc(C)cc(NC2CCCCCC2O)n1. The zero-order valence-electron chi connectivity index (χ0n) is 11.9. The highest BCUT2D eigenvalue weighted by molar-refractivity contribution is 5.85. The summed E-state index contributed by atoms with van der Waals surface area (Å²) in [6, 6.07) is 1.74. The summed E-state index contributed by atoms with van der Waals surface area (Å²) in [7, 11) is 1.30. The van der Waals surface area contributed by atoms with E-state index in [4.69, 9.17) is 0 Å². The van der Waals surface area contributed by atoms with Crippen molar-refractivity contribution in [2.24, 2.45) is 0 Å². The van der Waals surface area contributed by atoms with E-state index in [9.17, 15) is 9.90 Å². The van der Waals surface area contributed by atoms with E-state index in [2.05, 4.69) is 20.0 Å². The highest BCUT2D eigenvalue weighted by Gasteiger charge is 2.22. The second-order valence-corrected chi connectivity index (χ2v) is 5.17. The molecule has 1 aliphatic rings. The highest BCUT2D eigenvalue weighted by Crippen LogP contribution is 2.21. The molecule has 6 nitrogen and oxygen atoms in total. The minimum atomic E-state index is -0.557. The number of aromatic nitrogens is 2. The van der Waals surface area contributed by atoms with Gasteiger partial charge in [-0.25, -0.2) is 14.8 Å². The van der Waals surface area contributed by atoms with E-state index < -0.39 is 5.97 Å². The first kappa shape index (κ1) is 14.7. The number of carbonyl (C=O) groups is 1. The molecule has 0 bridgehead atoms. The topological polar surface area (TPSA) is 84.3 Å². The third-order valence-electron chi connectivity index (χ3n) is 3.53. The quantitative estimate of drug-likeness (QED) is 0.647. The van der Waals surface area contributed by atoms with E-state index in [1.807, 2.05) is 0 Å². The van der Waals surface area contributed by atoms with Crippen LogP contribution in [0.15, 0.2) is 6.07 Å². The van der Waals surface area contributed by atoms with Crippen LogP contribution in [0.25, 0.3) is 0 Å². The Morgan fingerprint density at radius 2 is 2.10 bits per heavy atom.